The molecule has 6 nitrogen and oxygen atoms in total. The zero-order chi connectivity index (χ0) is 24.6. The predicted molar refractivity (Wildman–Crippen MR) is 135 cm³/mol. The molecule has 2 aliphatic rings. The van der Waals surface area contributed by atoms with Crippen molar-refractivity contribution in [1.82, 2.24) is 4.90 Å². The average Bonchev–Trinajstić information content (AvgIpc) is 3.09. The zero-order valence-electron chi connectivity index (χ0n) is 19.5. The largest absolute Gasteiger partial charge is 0.507 e. The van der Waals surface area contributed by atoms with Crippen molar-refractivity contribution in [3.63, 3.8) is 0 Å². The van der Waals surface area contributed by atoms with E-state index in [2.05, 4.69) is 0 Å². The molecule has 1 atom stereocenters. The fraction of sp³-hybridized carbons (Fsp3) is 0.385. The van der Waals surface area contributed by atoms with Gasteiger partial charge >= 0.3 is 0 Å². The van der Waals surface area contributed by atoms with Gasteiger partial charge in [-0.15, -0.1) is 0 Å². The second-order valence-corrected chi connectivity index (χ2v) is 9.80. The molecule has 1 unspecified atom stereocenters. The van der Waals surface area contributed by atoms with Gasteiger partial charge in [-0.1, -0.05) is 54.6 Å². The molecular formula is C26H28Cl2N2O4. The number of likely N-dealkylation sites (tertiary alicyclic amines) is 1. The topological polar surface area (TPSA) is 70.1 Å². The summed E-state index contributed by atoms with van der Waals surface area (Å²) in [6, 6.07) is 9.87. The molecule has 180 valence electrons. The molecule has 34 heavy (non-hydrogen) atoms. The van der Waals surface area contributed by atoms with E-state index in [9.17, 15) is 14.7 Å². The first-order valence-electron chi connectivity index (χ1n) is 11.4. The Morgan fingerprint density at radius 2 is 1.71 bits per heavy atom. The van der Waals surface area contributed by atoms with E-state index in [0.29, 0.717) is 0 Å². The molecule has 1 saturated carbocycles. The van der Waals surface area contributed by atoms with Gasteiger partial charge < -0.3 is 19.6 Å². The highest BCUT2D eigenvalue weighted by atomic mass is 35.5. The maximum absolute atomic E-state index is 13.4. The minimum atomic E-state index is -0.721. The first kappa shape index (κ1) is 24.4. The second-order valence-electron chi connectivity index (χ2n) is 8.95. The van der Waals surface area contributed by atoms with E-state index in [4.69, 9.17) is 27.9 Å². The van der Waals surface area contributed by atoms with E-state index in [1.165, 1.54) is 19.2 Å². The van der Waals surface area contributed by atoms with Crippen LogP contribution in [0.25, 0.3) is 5.76 Å². The van der Waals surface area contributed by atoms with E-state index >= 15 is 0 Å². The Bertz CT molecular complexity index is 1140. The molecule has 1 amide bonds. The van der Waals surface area contributed by atoms with Crippen molar-refractivity contribution >= 4 is 46.3 Å². The van der Waals surface area contributed by atoms with E-state index in [-0.39, 0.29) is 38.7 Å². The minimum Gasteiger partial charge on any atom is -0.507 e. The normalized spacial score (nSPS) is 20.6. The van der Waals surface area contributed by atoms with Crippen LogP contribution in [0.1, 0.15) is 49.3 Å². The van der Waals surface area contributed by atoms with Crippen molar-refractivity contribution in [2.24, 2.45) is 0 Å². The van der Waals surface area contributed by atoms with Crippen molar-refractivity contribution in [1.29, 1.82) is 0 Å². The number of aliphatic hydroxyl groups is 1. The molecule has 1 saturated heterocycles. The Kier molecular flexibility index (Phi) is 7.10. The lowest BCUT2D eigenvalue weighted by molar-refractivity contribution is -0.141. The minimum absolute atomic E-state index is 0.0183. The van der Waals surface area contributed by atoms with Crippen molar-refractivity contribution in [2.75, 3.05) is 26.1 Å². The van der Waals surface area contributed by atoms with Gasteiger partial charge in [-0.2, -0.15) is 0 Å². The third kappa shape index (κ3) is 4.37. The van der Waals surface area contributed by atoms with Crippen LogP contribution in [0.3, 0.4) is 0 Å². The Balaban J connectivity index is 1.92. The zero-order valence-corrected chi connectivity index (χ0v) is 21.0. The van der Waals surface area contributed by atoms with Crippen LogP contribution >= 0.6 is 23.2 Å². The summed E-state index contributed by atoms with van der Waals surface area (Å²) in [6.07, 6.45) is 4.76. The molecule has 2 fully saturated rings. The molecule has 2 aromatic rings. The number of carbonyl (C=O) groups is 2. The number of methoxy groups -OCH3 is 1. The number of nitrogens with zero attached hydrogens (tertiary/aromatic N) is 2. The number of amides is 1. The van der Waals surface area contributed by atoms with E-state index in [1.807, 2.05) is 43.3 Å². The van der Waals surface area contributed by atoms with Crippen LogP contribution in [-0.2, 0) is 9.59 Å². The molecule has 0 aromatic heterocycles. The third-order valence-corrected chi connectivity index (χ3v) is 7.14. The van der Waals surface area contributed by atoms with Crippen LogP contribution < -0.4 is 9.64 Å². The average molecular weight is 503 g/mol. The van der Waals surface area contributed by atoms with E-state index in [0.717, 1.165) is 43.4 Å². The maximum Gasteiger partial charge on any atom is 0.295 e. The summed E-state index contributed by atoms with van der Waals surface area (Å²) in [5, 5.41) is 11.9. The van der Waals surface area contributed by atoms with Gasteiger partial charge in [0.25, 0.3) is 11.7 Å². The quantitative estimate of drug-likeness (QED) is 0.316. The van der Waals surface area contributed by atoms with E-state index < -0.39 is 17.7 Å². The summed E-state index contributed by atoms with van der Waals surface area (Å²) in [5.41, 5.74) is 1.94. The van der Waals surface area contributed by atoms with Gasteiger partial charge in [0.05, 0.1) is 29.3 Å². The van der Waals surface area contributed by atoms with Gasteiger partial charge in [0.15, 0.2) is 0 Å². The molecule has 8 heteroatoms. The molecule has 0 bridgehead atoms. The van der Waals surface area contributed by atoms with Crippen LogP contribution in [0.5, 0.6) is 5.75 Å². The van der Waals surface area contributed by atoms with Crippen molar-refractivity contribution < 1.29 is 19.4 Å². The van der Waals surface area contributed by atoms with Crippen LogP contribution in [-0.4, -0.2) is 48.9 Å². The van der Waals surface area contributed by atoms with Crippen LogP contribution in [0, 0.1) is 0 Å². The van der Waals surface area contributed by atoms with Gasteiger partial charge in [0.2, 0.25) is 0 Å². The number of hydrogen-bond donors (Lipinski definition) is 1. The lowest BCUT2D eigenvalue weighted by Gasteiger charge is -2.35. The highest BCUT2D eigenvalue weighted by Crippen LogP contribution is 2.45. The number of carbonyl (C=O) groups excluding carboxylic acids is 2. The van der Waals surface area contributed by atoms with Crippen LogP contribution in [0.2, 0.25) is 10.0 Å². The number of rotatable bonds is 5. The van der Waals surface area contributed by atoms with Gasteiger partial charge in [0.1, 0.15) is 11.5 Å². The smallest absolute Gasteiger partial charge is 0.295 e. The van der Waals surface area contributed by atoms with Crippen molar-refractivity contribution in [3.05, 3.63) is 63.1 Å². The molecule has 0 radical (unpaired) electrons. The fourth-order valence-electron chi connectivity index (χ4n) is 4.96. The Morgan fingerprint density at radius 3 is 2.29 bits per heavy atom. The number of anilines is 1. The van der Waals surface area contributed by atoms with Gasteiger partial charge in [0, 0.05) is 30.8 Å². The monoisotopic (exact) mass is 502 g/mol. The third-order valence-electron chi connectivity index (χ3n) is 6.64. The SMILES string of the molecule is COc1c(Cl)cc(Cl)cc1/C(O)=C1\C(=O)C(=O)N(C2CCCCC2)C1c1ccc(N(C)C)cc1. The Labute approximate surface area is 209 Å². The number of halogens is 2. The first-order valence-corrected chi connectivity index (χ1v) is 12.1. The summed E-state index contributed by atoms with van der Waals surface area (Å²) >= 11 is 12.5. The molecule has 1 aliphatic carbocycles. The van der Waals surface area contributed by atoms with E-state index in [1.54, 1.807) is 4.90 Å². The van der Waals surface area contributed by atoms with Crippen molar-refractivity contribution in [2.45, 2.75) is 44.2 Å². The highest BCUT2D eigenvalue weighted by molar-refractivity contribution is 6.47. The predicted octanol–water partition coefficient (Wildman–Crippen LogP) is 5.82. The van der Waals surface area contributed by atoms with Crippen LogP contribution in [0.15, 0.2) is 42.0 Å². The molecule has 2 aromatic carbocycles. The standard InChI is InChI=1S/C26H28Cl2N2O4/c1-29(2)17-11-9-15(10-12-17)22-21(23(31)19-13-16(27)14-20(28)25(19)34-3)24(32)26(33)30(22)18-7-5-4-6-8-18/h9-14,18,22,31H,4-8H2,1-3H3/b23-21+. The maximum atomic E-state index is 13.4. The number of aliphatic hydroxyl groups excluding tert-OH is 1. The summed E-state index contributed by atoms with van der Waals surface area (Å²) < 4.78 is 5.40. The highest BCUT2D eigenvalue weighted by Gasteiger charge is 2.49. The first-order chi connectivity index (χ1) is 16.2. The van der Waals surface area contributed by atoms with Gasteiger partial charge in [-0.05, 0) is 42.7 Å². The summed E-state index contributed by atoms with van der Waals surface area (Å²) in [5.74, 6) is -1.47. The lowest BCUT2D eigenvalue weighted by Crippen LogP contribution is -2.40. The molecular weight excluding hydrogens is 475 g/mol. The van der Waals surface area contributed by atoms with Gasteiger partial charge in [-0.3, -0.25) is 9.59 Å². The molecule has 1 heterocycles. The van der Waals surface area contributed by atoms with Crippen molar-refractivity contribution in [3.8, 4) is 5.75 Å². The lowest BCUT2D eigenvalue weighted by atomic mass is 9.90. The number of benzene rings is 2. The number of Topliss-reactive ketones (excluding diaryl/α,β-unsaturated/α-hetero) is 1. The molecule has 0 spiro atoms. The van der Waals surface area contributed by atoms with Gasteiger partial charge in [-0.25, -0.2) is 0 Å². The molecule has 4 rings (SSSR count). The number of ether oxygens (including phenoxy) is 1. The summed E-state index contributed by atoms with van der Waals surface area (Å²) in [7, 11) is 5.31. The Morgan fingerprint density at radius 1 is 1.06 bits per heavy atom. The fourth-order valence-corrected chi connectivity index (χ4v) is 5.53. The second kappa shape index (κ2) is 9.88. The van der Waals surface area contributed by atoms with Crippen LogP contribution in [0.4, 0.5) is 5.69 Å². The summed E-state index contributed by atoms with van der Waals surface area (Å²) in [6.45, 7) is 0. The molecule has 1 aliphatic heterocycles. The Hall–Kier alpha value is -2.70. The number of hydrogen-bond acceptors (Lipinski definition) is 5. The number of ketones is 1. The molecule has 1 N–H and O–H groups in total. The summed E-state index contributed by atoms with van der Waals surface area (Å²) in [4.78, 5) is 30.4.